The number of fused-ring (bicyclic) bond motifs is 1. The third-order valence-electron chi connectivity index (χ3n) is 5.11. The Morgan fingerprint density at radius 3 is 2.66 bits per heavy atom. The minimum atomic E-state index is -1.13. The predicted molar refractivity (Wildman–Crippen MR) is 109 cm³/mol. The van der Waals surface area contributed by atoms with Crippen LogP contribution in [0.25, 0.3) is 10.8 Å². The van der Waals surface area contributed by atoms with Crippen LogP contribution in [0.3, 0.4) is 0 Å². The van der Waals surface area contributed by atoms with E-state index in [9.17, 15) is 14.4 Å². The van der Waals surface area contributed by atoms with Crippen molar-refractivity contribution in [1.82, 2.24) is 10.2 Å². The van der Waals surface area contributed by atoms with Gasteiger partial charge in [0.25, 0.3) is 5.91 Å². The summed E-state index contributed by atoms with van der Waals surface area (Å²) in [6.07, 6.45) is 1.35. The summed E-state index contributed by atoms with van der Waals surface area (Å²) >= 11 is 0. The molecule has 0 unspecified atom stereocenters. The molecular weight excluding hydrogens is 372 g/mol. The van der Waals surface area contributed by atoms with Crippen LogP contribution in [-0.4, -0.2) is 68.4 Å². The SMILES string of the molecule is O=C1NC(=O)N(c2cccc3ccccc23)C(=O)[C@@H]1C=NCCN1CCOCC1. The topological polar surface area (TPSA) is 91.3 Å². The molecule has 8 nitrogen and oxygen atoms in total. The summed E-state index contributed by atoms with van der Waals surface area (Å²) in [5.41, 5.74) is 0.449. The number of hydrogen-bond acceptors (Lipinski definition) is 6. The van der Waals surface area contributed by atoms with Crippen molar-refractivity contribution in [1.29, 1.82) is 0 Å². The van der Waals surface area contributed by atoms with E-state index in [2.05, 4.69) is 15.2 Å². The first-order chi connectivity index (χ1) is 14.1. The van der Waals surface area contributed by atoms with E-state index in [0.29, 0.717) is 25.4 Å². The van der Waals surface area contributed by atoms with Crippen LogP contribution < -0.4 is 10.2 Å². The molecule has 0 bridgehead atoms. The Labute approximate surface area is 168 Å². The average molecular weight is 394 g/mol. The molecule has 1 N–H and O–H groups in total. The lowest BCUT2D eigenvalue weighted by molar-refractivity contribution is -0.131. The molecule has 4 amide bonds. The molecule has 2 heterocycles. The maximum atomic E-state index is 13.0. The number of aliphatic imine (C=N–C) groups is 1. The molecule has 0 aliphatic carbocycles. The Hall–Kier alpha value is -3.10. The number of nitrogens with zero attached hydrogens (tertiary/aromatic N) is 3. The van der Waals surface area contributed by atoms with Crippen molar-refractivity contribution in [3.8, 4) is 0 Å². The number of carbonyl (C=O) groups excluding carboxylic acids is 3. The number of urea groups is 1. The van der Waals surface area contributed by atoms with Crippen LogP contribution in [0.5, 0.6) is 0 Å². The monoisotopic (exact) mass is 394 g/mol. The second-order valence-corrected chi connectivity index (χ2v) is 6.95. The maximum absolute atomic E-state index is 13.0. The Kier molecular flexibility index (Phi) is 5.64. The second kappa shape index (κ2) is 8.50. The standard InChI is InChI=1S/C21H22N4O4/c26-19-17(14-22-8-9-24-10-12-29-13-11-24)20(27)25(21(28)23-19)18-7-3-5-15-4-1-2-6-16(15)18/h1-7,14,17H,8-13H2,(H,23,26,28)/t17-/m1/s1. The highest BCUT2D eigenvalue weighted by molar-refractivity contribution is 6.33. The third-order valence-corrected chi connectivity index (χ3v) is 5.11. The van der Waals surface area contributed by atoms with Gasteiger partial charge in [-0.1, -0.05) is 36.4 Å². The van der Waals surface area contributed by atoms with Gasteiger partial charge in [0.1, 0.15) is 0 Å². The zero-order valence-corrected chi connectivity index (χ0v) is 15.9. The van der Waals surface area contributed by atoms with Gasteiger partial charge in [-0.05, 0) is 11.5 Å². The quantitative estimate of drug-likeness (QED) is 0.612. The number of imide groups is 2. The van der Waals surface area contributed by atoms with Crippen LogP contribution in [0.2, 0.25) is 0 Å². The van der Waals surface area contributed by atoms with Crippen molar-refractivity contribution in [2.24, 2.45) is 10.9 Å². The van der Waals surface area contributed by atoms with E-state index in [-0.39, 0.29) is 0 Å². The summed E-state index contributed by atoms with van der Waals surface area (Å²) in [7, 11) is 0. The number of amides is 4. The van der Waals surface area contributed by atoms with Crippen molar-refractivity contribution >= 4 is 40.5 Å². The van der Waals surface area contributed by atoms with Gasteiger partial charge in [-0.25, -0.2) is 9.69 Å². The third kappa shape index (κ3) is 4.03. The number of benzene rings is 2. The highest BCUT2D eigenvalue weighted by Crippen LogP contribution is 2.29. The Bertz CT molecular complexity index is 963. The van der Waals surface area contributed by atoms with Crippen molar-refractivity contribution in [3.63, 3.8) is 0 Å². The normalized spacial score (nSPS) is 21.2. The van der Waals surface area contributed by atoms with Crippen molar-refractivity contribution in [2.75, 3.05) is 44.3 Å². The number of anilines is 1. The van der Waals surface area contributed by atoms with Crippen LogP contribution in [0.1, 0.15) is 0 Å². The fourth-order valence-electron chi connectivity index (χ4n) is 3.56. The Balaban J connectivity index is 1.52. The first-order valence-corrected chi connectivity index (χ1v) is 9.62. The molecule has 0 saturated carbocycles. The zero-order valence-electron chi connectivity index (χ0n) is 15.9. The van der Waals surface area contributed by atoms with E-state index in [1.54, 1.807) is 12.1 Å². The van der Waals surface area contributed by atoms with Crippen LogP contribution >= 0.6 is 0 Å². The van der Waals surface area contributed by atoms with E-state index in [1.165, 1.54) is 6.21 Å². The summed E-state index contributed by atoms with van der Waals surface area (Å²) in [4.78, 5) is 45.2. The Morgan fingerprint density at radius 2 is 1.83 bits per heavy atom. The lowest BCUT2D eigenvalue weighted by Gasteiger charge is -2.29. The van der Waals surface area contributed by atoms with Crippen LogP contribution in [0.4, 0.5) is 10.5 Å². The second-order valence-electron chi connectivity index (χ2n) is 6.95. The van der Waals surface area contributed by atoms with E-state index >= 15 is 0 Å². The largest absolute Gasteiger partial charge is 0.379 e. The minimum absolute atomic E-state index is 0.449. The van der Waals surface area contributed by atoms with Gasteiger partial charge in [-0.3, -0.25) is 24.8 Å². The van der Waals surface area contributed by atoms with Crippen LogP contribution in [-0.2, 0) is 14.3 Å². The number of nitrogens with one attached hydrogen (secondary N) is 1. The fraction of sp³-hybridized carbons (Fsp3) is 0.333. The van der Waals surface area contributed by atoms with Gasteiger partial charge >= 0.3 is 6.03 Å². The lowest BCUT2D eigenvalue weighted by Crippen LogP contribution is -2.58. The van der Waals surface area contributed by atoms with Gasteiger partial charge < -0.3 is 4.74 Å². The molecule has 2 aliphatic heterocycles. The molecular formula is C21H22N4O4. The molecule has 2 saturated heterocycles. The van der Waals surface area contributed by atoms with Gasteiger partial charge in [0.2, 0.25) is 5.91 Å². The molecule has 8 heteroatoms. The molecule has 2 aromatic rings. The molecule has 0 aromatic heterocycles. The fourth-order valence-corrected chi connectivity index (χ4v) is 3.56. The van der Waals surface area contributed by atoms with Gasteiger partial charge in [0.05, 0.1) is 25.4 Å². The number of carbonyl (C=O) groups is 3. The molecule has 2 aliphatic rings. The highest BCUT2D eigenvalue weighted by Gasteiger charge is 2.40. The maximum Gasteiger partial charge on any atom is 0.335 e. The summed E-state index contributed by atoms with van der Waals surface area (Å²) in [5.74, 6) is -2.37. The summed E-state index contributed by atoms with van der Waals surface area (Å²) in [6, 6.07) is 12.1. The van der Waals surface area contributed by atoms with Crippen LogP contribution in [0, 0.1) is 5.92 Å². The molecule has 29 heavy (non-hydrogen) atoms. The van der Waals surface area contributed by atoms with Crippen LogP contribution in [0.15, 0.2) is 47.5 Å². The van der Waals surface area contributed by atoms with E-state index in [1.807, 2.05) is 30.3 Å². The first kappa shape index (κ1) is 19.2. The zero-order chi connectivity index (χ0) is 20.2. The summed E-state index contributed by atoms with van der Waals surface area (Å²) in [6.45, 7) is 4.31. The average Bonchev–Trinajstić information content (AvgIpc) is 2.74. The van der Waals surface area contributed by atoms with Gasteiger partial charge in [-0.2, -0.15) is 0 Å². The highest BCUT2D eigenvalue weighted by atomic mass is 16.5. The number of morpholine rings is 1. The molecule has 1 atom stereocenters. The number of ether oxygens (including phenoxy) is 1. The summed E-state index contributed by atoms with van der Waals surface area (Å²) < 4.78 is 5.31. The van der Waals surface area contributed by atoms with Gasteiger partial charge in [0, 0.05) is 31.2 Å². The number of hydrogen-bond donors (Lipinski definition) is 1. The van der Waals surface area contributed by atoms with Gasteiger partial charge in [-0.15, -0.1) is 0 Å². The summed E-state index contributed by atoms with van der Waals surface area (Å²) in [5, 5.41) is 3.93. The number of rotatable bonds is 5. The molecule has 0 radical (unpaired) electrons. The smallest absolute Gasteiger partial charge is 0.335 e. The minimum Gasteiger partial charge on any atom is -0.379 e. The Morgan fingerprint density at radius 1 is 1.07 bits per heavy atom. The van der Waals surface area contributed by atoms with E-state index in [4.69, 9.17) is 4.74 Å². The first-order valence-electron chi connectivity index (χ1n) is 9.62. The molecule has 4 rings (SSSR count). The molecule has 2 aromatic carbocycles. The van der Waals surface area contributed by atoms with E-state index < -0.39 is 23.8 Å². The van der Waals surface area contributed by atoms with Gasteiger partial charge in [0.15, 0.2) is 5.92 Å². The lowest BCUT2D eigenvalue weighted by atomic mass is 10.0. The number of barbiturate groups is 1. The molecule has 2 fully saturated rings. The molecule has 0 spiro atoms. The predicted octanol–water partition coefficient (Wildman–Crippen LogP) is 1.44. The van der Waals surface area contributed by atoms with Crippen molar-refractivity contribution < 1.29 is 19.1 Å². The van der Waals surface area contributed by atoms with E-state index in [0.717, 1.165) is 35.3 Å². The molecule has 150 valence electrons. The van der Waals surface area contributed by atoms with Crippen molar-refractivity contribution in [2.45, 2.75) is 0 Å². The van der Waals surface area contributed by atoms with Crippen molar-refractivity contribution in [3.05, 3.63) is 42.5 Å².